The van der Waals surface area contributed by atoms with Crippen molar-refractivity contribution in [3.63, 3.8) is 0 Å². The molecule has 31 heavy (non-hydrogen) atoms. The minimum atomic E-state index is -4.52. The predicted octanol–water partition coefficient (Wildman–Crippen LogP) is 4.09. The lowest BCUT2D eigenvalue weighted by atomic mass is 9.73. The van der Waals surface area contributed by atoms with Crippen LogP contribution in [0.2, 0.25) is 0 Å². The topological polar surface area (TPSA) is 72.3 Å². The summed E-state index contributed by atoms with van der Waals surface area (Å²) in [5.74, 6) is 1.79. The highest BCUT2D eigenvalue weighted by Crippen LogP contribution is 2.42. The van der Waals surface area contributed by atoms with E-state index in [0.717, 1.165) is 56.4 Å². The molecule has 0 unspecified atom stereocenters. The first-order chi connectivity index (χ1) is 14.8. The molecular weight excluding hydrogens is 411 g/mol. The second-order valence-corrected chi connectivity index (χ2v) is 8.33. The van der Waals surface area contributed by atoms with Gasteiger partial charge in [0.05, 0.1) is 11.3 Å². The monoisotopic (exact) mass is 437 g/mol. The Morgan fingerprint density at radius 1 is 1.13 bits per heavy atom. The zero-order valence-corrected chi connectivity index (χ0v) is 17.4. The number of hydrogen-bond donors (Lipinski definition) is 1. The molecule has 2 aliphatic heterocycles. The summed E-state index contributed by atoms with van der Waals surface area (Å²) in [4.78, 5) is 14.3. The van der Waals surface area contributed by atoms with E-state index < -0.39 is 17.8 Å². The number of fused-ring (bicyclic) bond motifs is 1. The Hall–Kier alpha value is -2.62. The largest absolute Gasteiger partial charge is 0.418 e. The van der Waals surface area contributed by atoms with E-state index in [-0.39, 0.29) is 11.1 Å². The van der Waals surface area contributed by atoms with Gasteiger partial charge in [-0.05, 0) is 43.2 Å². The summed E-state index contributed by atoms with van der Waals surface area (Å²) in [5.41, 5.74) is -0.944. The maximum Gasteiger partial charge on any atom is 0.418 e. The van der Waals surface area contributed by atoms with Crippen molar-refractivity contribution in [2.45, 2.75) is 51.4 Å². The zero-order valence-electron chi connectivity index (χ0n) is 17.4. The normalized spacial score (nSPS) is 18.5. The van der Waals surface area contributed by atoms with Crippen LogP contribution in [0.4, 0.5) is 23.7 Å². The van der Waals surface area contributed by atoms with E-state index in [1.807, 2.05) is 0 Å². The van der Waals surface area contributed by atoms with Crippen LogP contribution in [-0.2, 0) is 30.5 Å². The number of urea groups is 1. The lowest BCUT2D eigenvalue weighted by Crippen LogP contribution is -2.45. The van der Waals surface area contributed by atoms with Crippen molar-refractivity contribution >= 4 is 11.7 Å². The SMILES string of the molecule is COCc1nnc2n1CCC1(CC2)CCN(C(=O)Nc2ccccc2C(F)(F)F)CC1. The summed E-state index contributed by atoms with van der Waals surface area (Å²) in [6.07, 6.45) is -0.136. The summed E-state index contributed by atoms with van der Waals surface area (Å²) >= 11 is 0. The number of benzene rings is 1. The highest BCUT2D eigenvalue weighted by molar-refractivity contribution is 5.90. The molecule has 0 saturated carbocycles. The number of hydrogen-bond acceptors (Lipinski definition) is 4. The van der Waals surface area contributed by atoms with Crippen molar-refractivity contribution < 1.29 is 22.7 Å². The van der Waals surface area contributed by atoms with Gasteiger partial charge >= 0.3 is 12.2 Å². The van der Waals surface area contributed by atoms with Gasteiger partial charge in [-0.2, -0.15) is 13.2 Å². The fraction of sp³-hybridized carbons (Fsp3) is 0.571. The minimum absolute atomic E-state index is 0.103. The third kappa shape index (κ3) is 4.53. The van der Waals surface area contributed by atoms with Gasteiger partial charge in [-0.3, -0.25) is 0 Å². The maximum absolute atomic E-state index is 13.2. The molecule has 1 fully saturated rings. The Morgan fingerprint density at radius 2 is 1.84 bits per heavy atom. The molecule has 1 spiro atoms. The number of anilines is 1. The fourth-order valence-electron chi connectivity index (χ4n) is 4.62. The van der Waals surface area contributed by atoms with Crippen molar-refractivity contribution in [1.82, 2.24) is 19.7 Å². The molecule has 1 saturated heterocycles. The molecule has 10 heteroatoms. The minimum Gasteiger partial charge on any atom is -0.377 e. The number of amides is 2. The number of piperidine rings is 1. The van der Waals surface area contributed by atoms with Crippen LogP contribution in [0.3, 0.4) is 0 Å². The molecule has 168 valence electrons. The first kappa shape index (κ1) is 21.6. The van der Waals surface area contributed by atoms with E-state index in [0.29, 0.717) is 19.7 Å². The number of rotatable bonds is 3. The number of para-hydroxylation sites is 1. The molecule has 7 nitrogen and oxygen atoms in total. The van der Waals surface area contributed by atoms with E-state index in [4.69, 9.17) is 4.74 Å². The highest BCUT2D eigenvalue weighted by Gasteiger charge is 2.38. The fourth-order valence-corrected chi connectivity index (χ4v) is 4.62. The first-order valence-corrected chi connectivity index (χ1v) is 10.4. The summed E-state index contributed by atoms with van der Waals surface area (Å²) in [5, 5.41) is 11.0. The number of halogens is 3. The molecule has 0 aliphatic carbocycles. The average molecular weight is 437 g/mol. The number of likely N-dealkylation sites (tertiary alicyclic amines) is 1. The van der Waals surface area contributed by atoms with Crippen molar-refractivity contribution in [2.75, 3.05) is 25.5 Å². The van der Waals surface area contributed by atoms with Crippen LogP contribution in [0.25, 0.3) is 0 Å². The van der Waals surface area contributed by atoms with Gasteiger partial charge in [-0.1, -0.05) is 12.1 Å². The van der Waals surface area contributed by atoms with E-state index in [1.165, 1.54) is 18.2 Å². The van der Waals surface area contributed by atoms with E-state index in [9.17, 15) is 18.0 Å². The zero-order chi connectivity index (χ0) is 22.1. The summed E-state index contributed by atoms with van der Waals surface area (Å²) in [6.45, 7) is 2.27. The smallest absolute Gasteiger partial charge is 0.377 e. The van der Waals surface area contributed by atoms with E-state index in [1.54, 1.807) is 12.0 Å². The van der Waals surface area contributed by atoms with Gasteiger partial charge in [-0.25, -0.2) is 4.79 Å². The molecule has 0 bridgehead atoms. The van der Waals surface area contributed by atoms with E-state index in [2.05, 4.69) is 20.1 Å². The van der Waals surface area contributed by atoms with Crippen LogP contribution in [0, 0.1) is 5.41 Å². The molecule has 2 aromatic rings. The van der Waals surface area contributed by atoms with E-state index >= 15 is 0 Å². The standard InChI is InChI=1S/C21H26F3N5O2/c1-31-14-18-27-26-17-6-7-20(10-13-29(17)18)8-11-28(12-9-20)19(30)25-16-5-3-2-4-15(16)21(22,23)24/h2-5H,6-14H2,1H3,(H,25,30). The number of carbonyl (C=O) groups is 1. The van der Waals surface area contributed by atoms with Gasteiger partial charge in [0.2, 0.25) is 0 Å². The second-order valence-electron chi connectivity index (χ2n) is 8.33. The molecule has 3 heterocycles. The van der Waals surface area contributed by atoms with Crippen LogP contribution in [-0.4, -0.2) is 45.9 Å². The number of alkyl halides is 3. The quantitative estimate of drug-likeness (QED) is 0.785. The number of aryl methyl sites for hydroxylation is 1. The van der Waals surface area contributed by atoms with Crippen molar-refractivity contribution in [3.8, 4) is 0 Å². The lowest BCUT2D eigenvalue weighted by molar-refractivity contribution is -0.136. The third-order valence-electron chi connectivity index (χ3n) is 6.51. The molecule has 1 aromatic carbocycles. The summed E-state index contributed by atoms with van der Waals surface area (Å²) in [7, 11) is 1.63. The number of methoxy groups -OCH3 is 1. The predicted molar refractivity (Wildman–Crippen MR) is 107 cm³/mol. The maximum atomic E-state index is 13.2. The van der Waals surface area contributed by atoms with Gasteiger partial charge in [0.1, 0.15) is 12.4 Å². The molecule has 1 aromatic heterocycles. The van der Waals surface area contributed by atoms with Gasteiger partial charge < -0.3 is 19.5 Å². The Labute approximate surface area is 178 Å². The lowest BCUT2D eigenvalue weighted by Gasteiger charge is -2.41. The molecule has 0 atom stereocenters. The molecule has 2 aliphatic rings. The van der Waals surface area contributed by atoms with Crippen LogP contribution >= 0.6 is 0 Å². The summed E-state index contributed by atoms with van der Waals surface area (Å²) in [6, 6.07) is 4.57. The Balaban J connectivity index is 1.37. The van der Waals surface area contributed by atoms with Crippen molar-refractivity contribution in [1.29, 1.82) is 0 Å². The van der Waals surface area contributed by atoms with Gasteiger partial charge in [0.15, 0.2) is 5.82 Å². The molecular formula is C21H26F3N5O2. The first-order valence-electron chi connectivity index (χ1n) is 10.4. The van der Waals surface area contributed by atoms with Gasteiger partial charge in [0, 0.05) is 33.2 Å². The van der Waals surface area contributed by atoms with Gasteiger partial charge in [-0.15, -0.1) is 10.2 Å². The Bertz CT molecular complexity index is 935. The number of nitrogens with zero attached hydrogens (tertiary/aromatic N) is 4. The number of nitrogens with one attached hydrogen (secondary N) is 1. The Morgan fingerprint density at radius 3 is 2.55 bits per heavy atom. The third-order valence-corrected chi connectivity index (χ3v) is 6.51. The molecule has 0 radical (unpaired) electrons. The number of aromatic nitrogens is 3. The van der Waals surface area contributed by atoms with Crippen LogP contribution < -0.4 is 5.32 Å². The average Bonchev–Trinajstić information content (AvgIpc) is 3.04. The van der Waals surface area contributed by atoms with Crippen LogP contribution in [0.15, 0.2) is 24.3 Å². The van der Waals surface area contributed by atoms with Crippen molar-refractivity contribution in [3.05, 3.63) is 41.5 Å². The number of ether oxygens (including phenoxy) is 1. The van der Waals surface area contributed by atoms with Gasteiger partial charge in [0.25, 0.3) is 0 Å². The molecule has 2 amide bonds. The Kier molecular flexibility index (Phi) is 5.92. The molecule has 4 rings (SSSR count). The second kappa shape index (κ2) is 8.49. The number of carbonyl (C=O) groups excluding carboxylic acids is 1. The van der Waals surface area contributed by atoms with Crippen LogP contribution in [0.5, 0.6) is 0 Å². The summed E-state index contributed by atoms with van der Waals surface area (Å²) < 4.78 is 46.9. The molecule has 1 N–H and O–H groups in total. The highest BCUT2D eigenvalue weighted by atomic mass is 19.4. The van der Waals surface area contributed by atoms with Crippen molar-refractivity contribution in [2.24, 2.45) is 5.41 Å². The van der Waals surface area contributed by atoms with Crippen LogP contribution in [0.1, 0.15) is 42.9 Å².